The summed E-state index contributed by atoms with van der Waals surface area (Å²) in [4.78, 5) is 15.7. The molecule has 0 atom stereocenters. The number of unbranched alkanes of at least 4 members (excludes halogenated alkanes) is 9. The Morgan fingerprint density at radius 1 is 0.905 bits per heavy atom. The smallest absolute Gasteiger partial charge is 0.251 e. The summed E-state index contributed by atoms with van der Waals surface area (Å²) in [7, 11) is 0. The molecule has 1 aromatic heterocycles. The van der Waals surface area contributed by atoms with E-state index in [2.05, 4.69) is 17.2 Å². The molecule has 21 heavy (non-hydrogen) atoms. The minimum absolute atomic E-state index is 0.00771. The third-order valence-electron chi connectivity index (χ3n) is 3.76. The van der Waals surface area contributed by atoms with Gasteiger partial charge in [-0.25, -0.2) is 0 Å². The van der Waals surface area contributed by atoms with Crippen LogP contribution in [0.5, 0.6) is 0 Å². The van der Waals surface area contributed by atoms with Crippen molar-refractivity contribution in [1.82, 2.24) is 10.3 Å². The molecule has 0 unspecified atom stereocenters. The van der Waals surface area contributed by atoms with Crippen molar-refractivity contribution in [2.45, 2.75) is 71.1 Å². The van der Waals surface area contributed by atoms with Gasteiger partial charge in [0.25, 0.3) is 5.91 Å². The molecule has 0 aliphatic rings. The Bertz CT molecular complexity index is 365. The lowest BCUT2D eigenvalue weighted by atomic mass is 10.1. The van der Waals surface area contributed by atoms with Crippen molar-refractivity contribution in [3.63, 3.8) is 0 Å². The Kier molecular flexibility index (Phi) is 10.4. The van der Waals surface area contributed by atoms with E-state index in [0.29, 0.717) is 5.56 Å². The van der Waals surface area contributed by atoms with Crippen molar-refractivity contribution in [2.24, 2.45) is 0 Å². The van der Waals surface area contributed by atoms with E-state index in [1.165, 1.54) is 57.8 Å². The quantitative estimate of drug-likeness (QED) is 0.565. The first-order valence-electron chi connectivity index (χ1n) is 8.53. The van der Waals surface area contributed by atoms with Gasteiger partial charge >= 0.3 is 0 Å². The molecule has 1 heterocycles. The van der Waals surface area contributed by atoms with Crippen molar-refractivity contribution in [3.05, 3.63) is 30.1 Å². The lowest BCUT2D eigenvalue weighted by molar-refractivity contribution is 0.0953. The fourth-order valence-corrected chi connectivity index (χ4v) is 2.42. The van der Waals surface area contributed by atoms with Crippen LogP contribution in [-0.2, 0) is 0 Å². The number of hydrogen-bond donors (Lipinski definition) is 1. The maximum absolute atomic E-state index is 11.8. The van der Waals surface area contributed by atoms with Gasteiger partial charge in [0.05, 0.1) is 0 Å². The summed E-state index contributed by atoms with van der Waals surface area (Å²) in [6.07, 6.45) is 16.5. The number of amides is 1. The van der Waals surface area contributed by atoms with E-state index in [0.717, 1.165) is 13.0 Å². The average Bonchev–Trinajstić information content (AvgIpc) is 2.53. The maximum atomic E-state index is 11.8. The molecule has 0 spiro atoms. The highest BCUT2D eigenvalue weighted by Gasteiger charge is 2.02. The second kappa shape index (κ2) is 12.4. The predicted octanol–water partition coefficient (Wildman–Crippen LogP) is 4.73. The van der Waals surface area contributed by atoms with Crippen molar-refractivity contribution >= 4 is 5.91 Å². The summed E-state index contributed by atoms with van der Waals surface area (Å²) < 4.78 is 0. The maximum Gasteiger partial charge on any atom is 0.251 e. The number of nitrogens with one attached hydrogen (secondary N) is 1. The minimum Gasteiger partial charge on any atom is -0.352 e. The summed E-state index contributed by atoms with van der Waals surface area (Å²) in [5, 5.41) is 2.96. The van der Waals surface area contributed by atoms with Gasteiger partial charge in [-0.2, -0.15) is 0 Å². The molecular formula is C18H30N2O. The molecule has 118 valence electrons. The van der Waals surface area contributed by atoms with E-state index in [1.807, 2.05) is 0 Å². The summed E-state index contributed by atoms with van der Waals surface area (Å²) in [5.74, 6) is 0.00771. The third kappa shape index (κ3) is 9.22. The fraction of sp³-hybridized carbons (Fsp3) is 0.667. The zero-order chi connectivity index (χ0) is 15.2. The Labute approximate surface area is 129 Å². The van der Waals surface area contributed by atoms with E-state index in [1.54, 1.807) is 24.5 Å². The van der Waals surface area contributed by atoms with E-state index < -0.39 is 0 Å². The molecule has 0 aliphatic carbocycles. The zero-order valence-corrected chi connectivity index (χ0v) is 13.4. The van der Waals surface area contributed by atoms with Gasteiger partial charge in [-0.05, 0) is 18.6 Å². The molecule has 1 aromatic rings. The first-order chi connectivity index (χ1) is 10.3. The van der Waals surface area contributed by atoms with Crippen molar-refractivity contribution < 1.29 is 4.79 Å². The molecule has 0 aliphatic heterocycles. The van der Waals surface area contributed by atoms with Crippen molar-refractivity contribution in [2.75, 3.05) is 6.54 Å². The van der Waals surface area contributed by atoms with Gasteiger partial charge < -0.3 is 5.32 Å². The molecule has 0 radical (unpaired) electrons. The monoisotopic (exact) mass is 290 g/mol. The average molecular weight is 290 g/mol. The third-order valence-corrected chi connectivity index (χ3v) is 3.76. The van der Waals surface area contributed by atoms with E-state index >= 15 is 0 Å². The van der Waals surface area contributed by atoms with Gasteiger partial charge in [0.1, 0.15) is 0 Å². The first-order valence-corrected chi connectivity index (χ1v) is 8.53. The summed E-state index contributed by atoms with van der Waals surface area (Å²) in [6, 6.07) is 3.49. The van der Waals surface area contributed by atoms with Crippen LogP contribution >= 0.6 is 0 Å². The lowest BCUT2D eigenvalue weighted by Crippen LogP contribution is -2.24. The number of aromatic nitrogens is 1. The molecule has 1 N–H and O–H groups in total. The molecule has 3 heteroatoms. The number of rotatable bonds is 12. The Morgan fingerprint density at radius 3 is 2.00 bits per heavy atom. The lowest BCUT2D eigenvalue weighted by Gasteiger charge is -2.05. The molecule has 1 amide bonds. The molecule has 0 aromatic carbocycles. The summed E-state index contributed by atoms with van der Waals surface area (Å²) >= 11 is 0. The minimum atomic E-state index is 0.00771. The van der Waals surface area contributed by atoms with E-state index in [4.69, 9.17) is 0 Å². The highest BCUT2D eigenvalue weighted by atomic mass is 16.1. The van der Waals surface area contributed by atoms with Crippen LogP contribution in [0.1, 0.15) is 81.5 Å². The van der Waals surface area contributed by atoms with Crippen LogP contribution in [0.4, 0.5) is 0 Å². The van der Waals surface area contributed by atoms with Crippen LogP contribution in [-0.4, -0.2) is 17.4 Å². The van der Waals surface area contributed by atoms with Crippen LogP contribution < -0.4 is 5.32 Å². The van der Waals surface area contributed by atoms with Gasteiger partial charge in [0.2, 0.25) is 0 Å². The van der Waals surface area contributed by atoms with Crippen molar-refractivity contribution in [3.8, 4) is 0 Å². The number of nitrogens with zero attached hydrogens (tertiary/aromatic N) is 1. The van der Waals surface area contributed by atoms with Crippen LogP contribution in [0, 0.1) is 0 Å². The highest BCUT2D eigenvalue weighted by Crippen LogP contribution is 2.10. The molecule has 1 rings (SSSR count). The Hall–Kier alpha value is -1.38. The van der Waals surface area contributed by atoms with E-state index in [-0.39, 0.29) is 5.91 Å². The normalized spacial score (nSPS) is 10.5. The van der Waals surface area contributed by atoms with Crippen LogP contribution in [0.25, 0.3) is 0 Å². The van der Waals surface area contributed by atoms with Gasteiger partial charge in [-0.1, -0.05) is 64.7 Å². The van der Waals surface area contributed by atoms with Gasteiger partial charge in [0.15, 0.2) is 0 Å². The number of pyridine rings is 1. The Balaban J connectivity index is 1.88. The van der Waals surface area contributed by atoms with Crippen LogP contribution in [0.2, 0.25) is 0 Å². The second-order valence-corrected chi connectivity index (χ2v) is 5.67. The Morgan fingerprint density at radius 2 is 1.43 bits per heavy atom. The molecule has 0 saturated carbocycles. The molecular weight excluding hydrogens is 260 g/mol. The van der Waals surface area contributed by atoms with Gasteiger partial charge in [-0.15, -0.1) is 0 Å². The second-order valence-electron chi connectivity index (χ2n) is 5.67. The molecule has 0 bridgehead atoms. The predicted molar refractivity (Wildman–Crippen MR) is 88.4 cm³/mol. The van der Waals surface area contributed by atoms with Gasteiger partial charge in [0, 0.05) is 24.5 Å². The number of carbonyl (C=O) groups excluding carboxylic acids is 1. The topological polar surface area (TPSA) is 42.0 Å². The number of carbonyl (C=O) groups is 1. The standard InChI is InChI=1S/C18H30N2O/c1-2-3-4-5-6-7-8-9-10-11-14-20-18(21)17-12-15-19-16-13-17/h12-13,15-16H,2-11,14H2,1H3,(H,20,21). The van der Waals surface area contributed by atoms with Crippen molar-refractivity contribution in [1.29, 1.82) is 0 Å². The van der Waals surface area contributed by atoms with Crippen LogP contribution in [0.3, 0.4) is 0 Å². The zero-order valence-electron chi connectivity index (χ0n) is 13.4. The summed E-state index contributed by atoms with van der Waals surface area (Å²) in [6.45, 7) is 3.03. The van der Waals surface area contributed by atoms with Crippen LogP contribution in [0.15, 0.2) is 24.5 Å². The number of hydrogen-bond acceptors (Lipinski definition) is 2. The molecule has 0 fully saturated rings. The van der Waals surface area contributed by atoms with Gasteiger partial charge in [-0.3, -0.25) is 9.78 Å². The van der Waals surface area contributed by atoms with E-state index in [9.17, 15) is 4.79 Å². The first kappa shape index (κ1) is 17.7. The molecule has 3 nitrogen and oxygen atoms in total. The summed E-state index contributed by atoms with van der Waals surface area (Å²) in [5.41, 5.74) is 0.692. The highest BCUT2D eigenvalue weighted by molar-refractivity contribution is 5.93. The fourth-order valence-electron chi connectivity index (χ4n) is 2.42. The largest absolute Gasteiger partial charge is 0.352 e. The molecule has 0 saturated heterocycles. The SMILES string of the molecule is CCCCCCCCCCCCNC(=O)c1ccncc1.